The smallest absolute Gasteiger partial charge is 0.356 e. The van der Waals surface area contributed by atoms with Gasteiger partial charge in [-0.1, -0.05) is 6.07 Å². The number of hydrogen-bond acceptors (Lipinski definition) is 4. The molecular formula is C15H17N3O4S. The van der Waals surface area contributed by atoms with Crippen molar-refractivity contribution < 1.29 is 18.3 Å². The number of hydrogen-bond donors (Lipinski definition) is 2. The van der Waals surface area contributed by atoms with E-state index in [1.54, 1.807) is 18.2 Å². The number of H-pyrrole nitrogens is 1. The Labute approximate surface area is 134 Å². The fourth-order valence-corrected chi connectivity index (χ4v) is 4.17. The van der Waals surface area contributed by atoms with Crippen LogP contribution in [0, 0.1) is 13.8 Å². The first-order chi connectivity index (χ1) is 10.8. The van der Waals surface area contributed by atoms with E-state index < -0.39 is 16.0 Å². The molecule has 0 bridgehead atoms. The summed E-state index contributed by atoms with van der Waals surface area (Å²) in [6.07, 6.45) is 0.416. The number of benzene rings is 1. The summed E-state index contributed by atoms with van der Waals surface area (Å²) in [6, 6.07) is 5.01. The Kier molecular flexibility index (Phi) is 3.73. The Bertz CT molecular complexity index is 886. The molecule has 0 fully saturated rings. The van der Waals surface area contributed by atoms with Crippen molar-refractivity contribution in [3.8, 4) is 0 Å². The summed E-state index contributed by atoms with van der Waals surface area (Å²) in [6.45, 7) is 4.09. The van der Waals surface area contributed by atoms with Crippen LogP contribution in [0.4, 0.5) is 0 Å². The minimum atomic E-state index is -3.67. The van der Waals surface area contributed by atoms with Crippen molar-refractivity contribution in [2.75, 3.05) is 6.54 Å². The standard InChI is InChI=1S/C15H17N3O4S/c1-9-3-4-11(7-10(9)2)23(21,22)18-6-5-13-12(8-18)14(15(19)20)17-16-13/h3-4,7H,5-6,8H2,1-2H3,(H,16,17)(H,19,20). The molecule has 0 amide bonds. The fourth-order valence-electron chi connectivity index (χ4n) is 2.68. The van der Waals surface area contributed by atoms with E-state index >= 15 is 0 Å². The van der Waals surface area contributed by atoms with Gasteiger partial charge in [-0.05, 0) is 37.1 Å². The van der Waals surface area contributed by atoms with E-state index in [-0.39, 0.29) is 17.1 Å². The molecule has 1 aromatic carbocycles. The number of carboxylic acid groups (broad SMARTS) is 1. The number of aromatic carboxylic acids is 1. The normalized spacial score (nSPS) is 15.4. The van der Waals surface area contributed by atoms with Gasteiger partial charge in [0.25, 0.3) is 0 Å². The van der Waals surface area contributed by atoms with Crippen molar-refractivity contribution in [3.63, 3.8) is 0 Å². The van der Waals surface area contributed by atoms with E-state index in [0.29, 0.717) is 24.2 Å². The van der Waals surface area contributed by atoms with Crippen LogP contribution in [0.3, 0.4) is 0 Å². The number of fused-ring (bicyclic) bond motifs is 1. The molecule has 0 saturated carbocycles. The van der Waals surface area contributed by atoms with Gasteiger partial charge in [0, 0.05) is 30.8 Å². The maximum Gasteiger partial charge on any atom is 0.356 e. The molecule has 0 atom stereocenters. The number of sulfonamides is 1. The lowest BCUT2D eigenvalue weighted by molar-refractivity contribution is 0.0688. The molecule has 3 rings (SSSR count). The Morgan fingerprint density at radius 2 is 2.04 bits per heavy atom. The highest BCUT2D eigenvalue weighted by atomic mass is 32.2. The van der Waals surface area contributed by atoms with Gasteiger partial charge in [-0.25, -0.2) is 13.2 Å². The molecule has 0 spiro atoms. The first-order valence-electron chi connectivity index (χ1n) is 7.17. The summed E-state index contributed by atoms with van der Waals surface area (Å²) in [7, 11) is -3.67. The molecule has 0 saturated heterocycles. The molecule has 23 heavy (non-hydrogen) atoms. The Balaban J connectivity index is 1.97. The highest BCUT2D eigenvalue weighted by Crippen LogP contribution is 2.26. The molecule has 7 nitrogen and oxygen atoms in total. The van der Waals surface area contributed by atoms with Crippen LogP contribution in [-0.4, -0.2) is 40.5 Å². The molecule has 1 aliphatic rings. The average molecular weight is 335 g/mol. The van der Waals surface area contributed by atoms with E-state index in [0.717, 1.165) is 11.1 Å². The number of nitrogens with zero attached hydrogens (tertiary/aromatic N) is 2. The van der Waals surface area contributed by atoms with Gasteiger partial charge in [-0.2, -0.15) is 9.40 Å². The maximum atomic E-state index is 12.8. The first kappa shape index (κ1) is 15.7. The summed E-state index contributed by atoms with van der Waals surface area (Å²) < 4.78 is 26.9. The zero-order valence-corrected chi connectivity index (χ0v) is 13.6. The first-order valence-corrected chi connectivity index (χ1v) is 8.61. The van der Waals surface area contributed by atoms with Crippen LogP contribution in [-0.2, 0) is 23.0 Å². The molecule has 2 heterocycles. The molecule has 1 aromatic heterocycles. The van der Waals surface area contributed by atoms with Crippen LogP contribution in [0.5, 0.6) is 0 Å². The van der Waals surface area contributed by atoms with Gasteiger partial charge < -0.3 is 5.11 Å². The van der Waals surface area contributed by atoms with Gasteiger partial charge in [-0.15, -0.1) is 0 Å². The number of aryl methyl sites for hydroxylation is 2. The third-order valence-electron chi connectivity index (χ3n) is 4.22. The minimum absolute atomic E-state index is 0.0166. The number of carboxylic acids is 1. The highest BCUT2D eigenvalue weighted by Gasteiger charge is 2.32. The third kappa shape index (κ3) is 2.64. The van der Waals surface area contributed by atoms with Gasteiger partial charge in [0.05, 0.1) is 4.90 Å². The van der Waals surface area contributed by atoms with Crippen LogP contribution >= 0.6 is 0 Å². The molecule has 2 aromatic rings. The van der Waals surface area contributed by atoms with Crippen molar-refractivity contribution >= 4 is 16.0 Å². The second-order valence-electron chi connectivity index (χ2n) is 5.67. The van der Waals surface area contributed by atoms with Crippen LogP contribution in [0.25, 0.3) is 0 Å². The number of nitrogens with one attached hydrogen (secondary N) is 1. The number of rotatable bonds is 3. The molecule has 122 valence electrons. The van der Waals surface area contributed by atoms with Crippen molar-refractivity contribution in [1.29, 1.82) is 0 Å². The van der Waals surface area contributed by atoms with Crippen LogP contribution in [0.1, 0.15) is 32.9 Å². The summed E-state index contributed by atoms with van der Waals surface area (Å²) in [5, 5.41) is 15.6. The molecule has 0 unspecified atom stereocenters. The lowest BCUT2D eigenvalue weighted by atomic mass is 10.1. The van der Waals surface area contributed by atoms with Gasteiger partial charge in [-0.3, -0.25) is 5.10 Å². The lowest BCUT2D eigenvalue weighted by Gasteiger charge is -2.26. The topological polar surface area (TPSA) is 103 Å². The zero-order valence-electron chi connectivity index (χ0n) is 12.8. The predicted molar refractivity (Wildman–Crippen MR) is 82.8 cm³/mol. The molecule has 0 aliphatic carbocycles. The number of carbonyl (C=O) groups is 1. The Morgan fingerprint density at radius 1 is 1.30 bits per heavy atom. The Morgan fingerprint density at radius 3 is 2.70 bits per heavy atom. The maximum absolute atomic E-state index is 12.8. The Hall–Kier alpha value is -2.19. The fraction of sp³-hybridized carbons (Fsp3) is 0.333. The van der Waals surface area contributed by atoms with E-state index in [1.165, 1.54) is 4.31 Å². The van der Waals surface area contributed by atoms with Crippen molar-refractivity contribution in [2.45, 2.75) is 31.7 Å². The van der Waals surface area contributed by atoms with Crippen LogP contribution in [0.15, 0.2) is 23.1 Å². The van der Waals surface area contributed by atoms with Gasteiger partial charge in [0.1, 0.15) is 0 Å². The molecule has 2 N–H and O–H groups in total. The van der Waals surface area contributed by atoms with E-state index in [4.69, 9.17) is 5.11 Å². The molecule has 1 aliphatic heterocycles. The van der Waals surface area contributed by atoms with Crippen LogP contribution < -0.4 is 0 Å². The van der Waals surface area contributed by atoms with E-state index in [2.05, 4.69) is 10.2 Å². The van der Waals surface area contributed by atoms with Crippen molar-refractivity contribution in [3.05, 3.63) is 46.3 Å². The van der Waals surface area contributed by atoms with E-state index in [9.17, 15) is 13.2 Å². The largest absolute Gasteiger partial charge is 0.476 e. The predicted octanol–water partition coefficient (Wildman–Crippen LogP) is 1.47. The summed E-state index contributed by atoms with van der Waals surface area (Å²) in [4.78, 5) is 11.4. The van der Waals surface area contributed by atoms with Gasteiger partial charge in [0.15, 0.2) is 5.69 Å². The molecule has 8 heteroatoms. The second-order valence-corrected chi connectivity index (χ2v) is 7.61. The SMILES string of the molecule is Cc1ccc(S(=O)(=O)N2CCc3[nH]nc(C(=O)O)c3C2)cc1C. The monoisotopic (exact) mass is 335 g/mol. The molecular weight excluding hydrogens is 318 g/mol. The van der Waals surface area contributed by atoms with Gasteiger partial charge >= 0.3 is 5.97 Å². The van der Waals surface area contributed by atoms with Crippen molar-refractivity contribution in [1.82, 2.24) is 14.5 Å². The molecule has 0 radical (unpaired) electrons. The number of aromatic amines is 1. The minimum Gasteiger partial charge on any atom is -0.476 e. The average Bonchev–Trinajstić information content (AvgIpc) is 2.93. The van der Waals surface area contributed by atoms with E-state index in [1.807, 2.05) is 13.8 Å². The zero-order chi connectivity index (χ0) is 16.8. The quantitative estimate of drug-likeness (QED) is 0.884. The lowest BCUT2D eigenvalue weighted by Crippen LogP contribution is -2.36. The summed E-state index contributed by atoms with van der Waals surface area (Å²) in [5.41, 5.74) is 2.94. The highest BCUT2D eigenvalue weighted by molar-refractivity contribution is 7.89. The summed E-state index contributed by atoms with van der Waals surface area (Å²) >= 11 is 0. The number of aromatic nitrogens is 2. The second kappa shape index (κ2) is 5.47. The third-order valence-corrected chi connectivity index (χ3v) is 6.06. The van der Waals surface area contributed by atoms with Gasteiger partial charge in [0.2, 0.25) is 10.0 Å². The van der Waals surface area contributed by atoms with Crippen molar-refractivity contribution in [2.24, 2.45) is 0 Å². The summed E-state index contributed by atoms with van der Waals surface area (Å²) in [5.74, 6) is -1.16. The van der Waals surface area contributed by atoms with Crippen LogP contribution in [0.2, 0.25) is 0 Å².